The van der Waals surface area contributed by atoms with E-state index < -0.39 is 10.8 Å². The number of hydrogen-bond donors (Lipinski definition) is 0. The number of carbonyl (C=O) groups excluding carboxylic acids is 3. The zero-order valence-electron chi connectivity index (χ0n) is 23.6. The number of rotatable bonds is 1. The van der Waals surface area contributed by atoms with Crippen molar-refractivity contribution in [3.8, 4) is 0 Å². The number of halogens is 1. The molecule has 0 aromatic heterocycles. The summed E-state index contributed by atoms with van der Waals surface area (Å²) in [6, 6.07) is 0. The largest absolute Gasteiger partial charge is 0.469 e. The lowest BCUT2D eigenvalue weighted by Gasteiger charge is -2.70. The van der Waals surface area contributed by atoms with Crippen LogP contribution in [0.3, 0.4) is 0 Å². The maximum Gasteiger partial charge on any atom is 0.311 e. The number of Topliss-reactive ketones (excluding diaryl/α,β-unsaturated/α-hetero) is 1. The van der Waals surface area contributed by atoms with Crippen LogP contribution >= 0.6 is 15.9 Å². The van der Waals surface area contributed by atoms with Gasteiger partial charge in [0.2, 0.25) is 0 Å². The molecule has 36 heavy (non-hydrogen) atoms. The van der Waals surface area contributed by atoms with Gasteiger partial charge in [-0.25, -0.2) is 0 Å². The third-order valence-electron chi connectivity index (χ3n) is 12.9. The molecule has 0 amide bonds. The summed E-state index contributed by atoms with van der Waals surface area (Å²) in [6.07, 6.45) is 9.54. The highest BCUT2D eigenvalue weighted by Crippen LogP contribution is 2.75. The van der Waals surface area contributed by atoms with E-state index in [0.717, 1.165) is 51.4 Å². The van der Waals surface area contributed by atoms with Crippen LogP contribution < -0.4 is 0 Å². The Bertz CT molecular complexity index is 1060. The number of ketones is 2. The molecule has 0 N–H and O–H groups in total. The summed E-state index contributed by atoms with van der Waals surface area (Å²) in [5.41, 5.74) is -0.00477. The minimum atomic E-state index is -0.501. The van der Waals surface area contributed by atoms with Crippen LogP contribution in [0.1, 0.15) is 99.8 Å². The Labute approximate surface area is 225 Å². The SMILES string of the molecule is COC(=O)[C@@]1(C)CC[C@]2(C)CC[C@]3(C)C(=CC(=O)C4[C@@]5(C)C[C@H](Br)C(=O)C(C)(C)C5CC[C@]43C)C2C1. The van der Waals surface area contributed by atoms with Crippen molar-refractivity contribution < 1.29 is 19.1 Å². The van der Waals surface area contributed by atoms with Crippen molar-refractivity contribution in [2.24, 2.45) is 50.2 Å². The third kappa shape index (κ3) is 3.13. The van der Waals surface area contributed by atoms with Crippen LogP contribution in [-0.4, -0.2) is 29.5 Å². The van der Waals surface area contributed by atoms with Gasteiger partial charge in [0.1, 0.15) is 0 Å². The van der Waals surface area contributed by atoms with Crippen molar-refractivity contribution in [3.63, 3.8) is 0 Å². The molecule has 0 aliphatic heterocycles. The molecule has 0 spiro atoms. The average molecular weight is 562 g/mol. The number of hydrogen-bond acceptors (Lipinski definition) is 4. The van der Waals surface area contributed by atoms with E-state index in [1.54, 1.807) is 0 Å². The molecule has 5 heteroatoms. The van der Waals surface area contributed by atoms with Crippen molar-refractivity contribution in [2.75, 3.05) is 7.11 Å². The van der Waals surface area contributed by atoms with Gasteiger partial charge in [-0.3, -0.25) is 14.4 Å². The van der Waals surface area contributed by atoms with E-state index >= 15 is 0 Å². The Morgan fingerprint density at radius 2 is 1.58 bits per heavy atom. The molecule has 9 atom stereocenters. The molecule has 5 aliphatic rings. The quantitative estimate of drug-likeness (QED) is 0.254. The van der Waals surface area contributed by atoms with Crippen LogP contribution in [0.4, 0.5) is 0 Å². The molecule has 4 nitrogen and oxygen atoms in total. The number of ether oxygens (including phenoxy) is 1. The maximum absolute atomic E-state index is 14.4. The fourth-order valence-electron chi connectivity index (χ4n) is 10.5. The number of carbonyl (C=O) groups is 3. The predicted molar refractivity (Wildman–Crippen MR) is 145 cm³/mol. The molecule has 4 fully saturated rings. The highest BCUT2D eigenvalue weighted by atomic mass is 79.9. The smallest absolute Gasteiger partial charge is 0.311 e. The van der Waals surface area contributed by atoms with Gasteiger partial charge in [-0.15, -0.1) is 0 Å². The molecule has 0 aromatic rings. The maximum atomic E-state index is 14.4. The van der Waals surface area contributed by atoms with Gasteiger partial charge in [0, 0.05) is 11.3 Å². The predicted octanol–water partition coefficient (Wildman–Crippen LogP) is 7.08. The lowest BCUT2D eigenvalue weighted by Crippen LogP contribution is -2.67. The second-order valence-corrected chi connectivity index (χ2v) is 16.1. The van der Waals surface area contributed by atoms with E-state index in [-0.39, 0.29) is 61.8 Å². The normalized spacial score (nSPS) is 51.8. The molecule has 0 saturated heterocycles. The van der Waals surface area contributed by atoms with Crippen molar-refractivity contribution >= 4 is 33.5 Å². The molecule has 4 saturated carbocycles. The van der Waals surface area contributed by atoms with Crippen molar-refractivity contribution in [1.29, 1.82) is 0 Å². The highest BCUT2D eigenvalue weighted by Gasteiger charge is 2.71. The van der Waals surface area contributed by atoms with E-state index in [2.05, 4.69) is 64.4 Å². The van der Waals surface area contributed by atoms with E-state index in [1.807, 2.05) is 6.08 Å². The monoisotopic (exact) mass is 560 g/mol. The number of alkyl halides is 1. The molecule has 5 aliphatic carbocycles. The minimum Gasteiger partial charge on any atom is -0.469 e. The average Bonchev–Trinajstić information content (AvgIpc) is 2.79. The lowest BCUT2D eigenvalue weighted by atomic mass is 9.33. The first-order valence-corrected chi connectivity index (χ1v) is 14.9. The Morgan fingerprint density at radius 3 is 2.22 bits per heavy atom. The Hall–Kier alpha value is -0.970. The number of methoxy groups -OCH3 is 1. The van der Waals surface area contributed by atoms with Crippen molar-refractivity contribution in [3.05, 3.63) is 11.6 Å². The van der Waals surface area contributed by atoms with Crippen LogP contribution in [0.5, 0.6) is 0 Å². The molecule has 200 valence electrons. The van der Waals surface area contributed by atoms with Crippen LogP contribution in [-0.2, 0) is 19.1 Å². The van der Waals surface area contributed by atoms with E-state index in [4.69, 9.17) is 4.74 Å². The first-order valence-electron chi connectivity index (χ1n) is 14.0. The Kier molecular flexibility index (Phi) is 5.76. The molecule has 5 rings (SSSR count). The van der Waals surface area contributed by atoms with Gasteiger partial charge in [-0.2, -0.15) is 0 Å². The zero-order valence-corrected chi connectivity index (χ0v) is 25.1. The van der Waals surface area contributed by atoms with Gasteiger partial charge in [0.25, 0.3) is 0 Å². The Morgan fingerprint density at radius 1 is 0.944 bits per heavy atom. The second-order valence-electron chi connectivity index (χ2n) is 15.0. The first kappa shape index (κ1) is 26.6. The molecule has 0 heterocycles. The topological polar surface area (TPSA) is 60.4 Å². The summed E-state index contributed by atoms with van der Waals surface area (Å²) in [5.74, 6) is 0.764. The van der Waals surface area contributed by atoms with Crippen LogP contribution in [0.2, 0.25) is 0 Å². The summed E-state index contributed by atoms with van der Waals surface area (Å²) in [5, 5.41) is 0. The second kappa shape index (κ2) is 7.79. The fourth-order valence-corrected chi connectivity index (χ4v) is 11.8. The molecule has 0 aromatic carbocycles. The first-order chi connectivity index (χ1) is 16.5. The minimum absolute atomic E-state index is 0.0918. The highest BCUT2D eigenvalue weighted by molar-refractivity contribution is 9.10. The van der Waals surface area contributed by atoms with Crippen LogP contribution in [0, 0.1) is 50.2 Å². The summed E-state index contributed by atoms with van der Waals surface area (Å²) in [7, 11) is 1.49. The fraction of sp³-hybridized carbons (Fsp3) is 0.839. The zero-order chi connectivity index (χ0) is 26.7. The Balaban J connectivity index is 1.63. The van der Waals surface area contributed by atoms with Gasteiger partial charge in [-0.05, 0) is 97.9 Å². The molecule has 0 bridgehead atoms. The van der Waals surface area contributed by atoms with Gasteiger partial charge >= 0.3 is 5.97 Å². The summed E-state index contributed by atoms with van der Waals surface area (Å²) in [6.45, 7) is 15.8. The summed E-state index contributed by atoms with van der Waals surface area (Å²) in [4.78, 5) is 40.2. The summed E-state index contributed by atoms with van der Waals surface area (Å²) < 4.78 is 5.25. The number of esters is 1. The molecule has 0 radical (unpaired) electrons. The standard InChI is InChI=1S/C31H45BrO4/c1-26(2)22-9-10-31(7)23(29(22,5)17-20(32)24(26)34)21(33)15-18-19-16-28(4,25(35)36-8)12-11-27(19,3)13-14-30(18,31)6/h15,19-20,22-23H,9-14,16-17H2,1-8H3/t19?,20-,22?,23?,27+,28-,29-,30+,31+/m0/s1. The van der Waals surface area contributed by atoms with Gasteiger partial charge in [0.05, 0.1) is 17.4 Å². The molecular formula is C31H45BrO4. The van der Waals surface area contributed by atoms with Gasteiger partial charge < -0.3 is 4.74 Å². The molecule has 3 unspecified atom stereocenters. The van der Waals surface area contributed by atoms with E-state index in [0.29, 0.717) is 0 Å². The van der Waals surface area contributed by atoms with Crippen LogP contribution in [0.25, 0.3) is 0 Å². The third-order valence-corrected chi connectivity index (χ3v) is 13.7. The van der Waals surface area contributed by atoms with Crippen molar-refractivity contribution in [2.45, 2.75) is 105 Å². The van der Waals surface area contributed by atoms with Gasteiger partial charge in [0.15, 0.2) is 11.6 Å². The number of allylic oxidation sites excluding steroid dienone is 2. The lowest BCUT2D eigenvalue weighted by molar-refractivity contribution is -0.187. The van der Waals surface area contributed by atoms with E-state index in [1.165, 1.54) is 12.7 Å². The van der Waals surface area contributed by atoms with E-state index in [9.17, 15) is 14.4 Å². The van der Waals surface area contributed by atoms with Crippen molar-refractivity contribution in [1.82, 2.24) is 0 Å². The van der Waals surface area contributed by atoms with Gasteiger partial charge in [-0.1, -0.05) is 63.0 Å². The summed E-state index contributed by atoms with van der Waals surface area (Å²) >= 11 is 3.73. The van der Waals surface area contributed by atoms with Crippen LogP contribution in [0.15, 0.2) is 11.6 Å². The molecular weight excluding hydrogens is 516 g/mol. The number of fused-ring (bicyclic) bond motifs is 7.